The molecule has 3 aromatic rings. The van der Waals surface area contributed by atoms with Crippen molar-refractivity contribution in [2.24, 2.45) is 5.92 Å². The van der Waals surface area contributed by atoms with E-state index in [2.05, 4.69) is 5.32 Å². The standard InChI is InChI=1S/C28H27ClN2O3/c29-24-14-8-7-13-23(24)28(34)30-25(20-9-3-1-4-10-20)19-26(32)31-17-15-22(16-18-31)27(33)21-11-5-2-6-12-21/h1-14,22,25H,15-19H2,(H,30,34). The molecule has 1 heterocycles. The second-order valence-corrected chi connectivity index (χ2v) is 8.91. The Morgan fingerprint density at radius 2 is 1.44 bits per heavy atom. The maximum absolute atomic E-state index is 13.2. The van der Waals surface area contributed by atoms with Crippen molar-refractivity contribution in [3.63, 3.8) is 0 Å². The minimum atomic E-state index is -0.485. The number of Topliss-reactive ketones (excluding diaryl/α,β-unsaturated/α-hetero) is 1. The predicted molar refractivity (Wildman–Crippen MR) is 133 cm³/mol. The molecule has 1 aliphatic heterocycles. The van der Waals surface area contributed by atoms with Crippen molar-refractivity contribution in [3.8, 4) is 0 Å². The molecule has 2 amide bonds. The number of amides is 2. The van der Waals surface area contributed by atoms with E-state index in [1.807, 2.05) is 60.7 Å². The molecule has 1 N–H and O–H groups in total. The highest BCUT2D eigenvalue weighted by molar-refractivity contribution is 6.33. The van der Waals surface area contributed by atoms with Crippen molar-refractivity contribution in [1.29, 1.82) is 0 Å². The second-order valence-electron chi connectivity index (χ2n) is 8.51. The fourth-order valence-electron chi connectivity index (χ4n) is 4.35. The average Bonchev–Trinajstić information content (AvgIpc) is 2.89. The molecule has 4 rings (SSSR count). The van der Waals surface area contributed by atoms with Crippen LogP contribution in [-0.2, 0) is 4.79 Å². The van der Waals surface area contributed by atoms with Gasteiger partial charge in [-0.1, -0.05) is 84.4 Å². The molecule has 34 heavy (non-hydrogen) atoms. The lowest BCUT2D eigenvalue weighted by atomic mass is 9.88. The molecule has 0 aromatic heterocycles. The first-order chi connectivity index (χ1) is 16.5. The molecule has 6 heteroatoms. The first-order valence-electron chi connectivity index (χ1n) is 11.5. The molecule has 1 saturated heterocycles. The van der Waals surface area contributed by atoms with Crippen molar-refractivity contribution in [1.82, 2.24) is 10.2 Å². The number of nitrogens with zero attached hydrogens (tertiary/aromatic N) is 1. The smallest absolute Gasteiger partial charge is 0.253 e. The summed E-state index contributed by atoms with van der Waals surface area (Å²) in [6, 6.07) is 25.1. The molecule has 0 saturated carbocycles. The van der Waals surface area contributed by atoms with E-state index in [1.54, 1.807) is 29.2 Å². The highest BCUT2D eigenvalue weighted by atomic mass is 35.5. The fourth-order valence-corrected chi connectivity index (χ4v) is 4.57. The van der Waals surface area contributed by atoms with Crippen molar-refractivity contribution in [2.45, 2.75) is 25.3 Å². The van der Waals surface area contributed by atoms with Gasteiger partial charge in [0.25, 0.3) is 5.91 Å². The average molecular weight is 475 g/mol. The van der Waals surface area contributed by atoms with Crippen LogP contribution in [0.4, 0.5) is 0 Å². The minimum absolute atomic E-state index is 0.0427. The summed E-state index contributed by atoms with van der Waals surface area (Å²) in [4.78, 5) is 40.6. The maximum atomic E-state index is 13.2. The van der Waals surface area contributed by atoms with E-state index in [0.717, 1.165) is 11.1 Å². The number of ketones is 1. The molecular formula is C28H27ClN2O3. The summed E-state index contributed by atoms with van der Waals surface area (Å²) in [5, 5.41) is 3.35. The van der Waals surface area contributed by atoms with Gasteiger partial charge < -0.3 is 10.2 Å². The molecule has 1 fully saturated rings. The molecule has 0 radical (unpaired) electrons. The van der Waals surface area contributed by atoms with E-state index < -0.39 is 6.04 Å². The number of likely N-dealkylation sites (tertiary alicyclic amines) is 1. The molecule has 5 nitrogen and oxygen atoms in total. The van der Waals surface area contributed by atoms with Crippen LogP contribution in [0.25, 0.3) is 0 Å². The summed E-state index contributed by atoms with van der Waals surface area (Å²) in [6.45, 7) is 1.06. The number of rotatable bonds is 7. The Kier molecular flexibility index (Phi) is 7.76. The lowest BCUT2D eigenvalue weighted by Crippen LogP contribution is -2.42. The number of halogens is 1. The topological polar surface area (TPSA) is 66.5 Å². The maximum Gasteiger partial charge on any atom is 0.253 e. The first-order valence-corrected chi connectivity index (χ1v) is 11.9. The van der Waals surface area contributed by atoms with Crippen molar-refractivity contribution >= 4 is 29.2 Å². The van der Waals surface area contributed by atoms with Crippen LogP contribution < -0.4 is 5.32 Å². The number of benzene rings is 3. The van der Waals surface area contributed by atoms with Crippen LogP contribution in [0.3, 0.4) is 0 Å². The van der Waals surface area contributed by atoms with Gasteiger partial charge in [-0.2, -0.15) is 0 Å². The Morgan fingerprint density at radius 3 is 2.09 bits per heavy atom. The van der Waals surface area contributed by atoms with Gasteiger partial charge >= 0.3 is 0 Å². The molecule has 174 valence electrons. The fraction of sp³-hybridized carbons (Fsp3) is 0.250. The molecule has 0 bridgehead atoms. The Balaban J connectivity index is 1.41. The zero-order valence-electron chi connectivity index (χ0n) is 18.8. The van der Waals surface area contributed by atoms with Gasteiger partial charge in [-0.15, -0.1) is 0 Å². The van der Waals surface area contributed by atoms with Crippen molar-refractivity contribution in [2.75, 3.05) is 13.1 Å². The number of piperidine rings is 1. The Labute approximate surface area is 204 Å². The second kappa shape index (κ2) is 11.1. The van der Waals surface area contributed by atoms with E-state index in [0.29, 0.717) is 36.5 Å². The molecule has 1 atom stereocenters. The van der Waals surface area contributed by atoms with E-state index >= 15 is 0 Å². The summed E-state index contributed by atoms with van der Waals surface area (Å²) in [5.74, 6) is -0.295. The van der Waals surface area contributed by atoms with Gasteiger partial charge in [-0.3, -0.25) is 14.4 Å². The predicted octanol–water partition coefficient (Wildman–Crippen LogP) is 5.32. The minimum Gasteiger partial charge on any atom is -0.345 e. The Hall–Kier alpha value is -3.44. The lowest BCUT2D eigenvalue weighted by molar-refractivity contribution is -0.133. The van der Waals surface area contributed by atoms with Crippen LogP contribution in [0.1, 0.15) is 51.6 Å². The van der Waals surface area contributed by atoms with Gasteiger partial charge in [0.15, 0.2) is 5.78 Å². The third-order valence-electron chi connectivity index (χ3n) is 6.28. The van der Waals surface area contributed by atoms with Crippen molar-refractivity contribution in [3.05, 3.63) is 107 Å². The lowest BCUT2D eigenvalue weighted by Gasteiger charge is -2.32. The molecule has 1 aliphatic rings. The van der Waals surface area contributed by atoms with Crippen LogP contribution in [0.5, 0.6) is 0 Å². The zero-order chi connectivity index (χ0) is 23.9. The van der Waals surface area contributed by atoms with E-state index in [-0.39, 0.29) is 29.9 Å². The SMILES string of the molecule is O=C(NC(CC(=O)N1CCC(C(=O)c2ccccc2)CC1)c1ccccc1)c1ccccc1Cl. The third kappa shape index (κ3) is 5.72. The summed E-state index contributed by atoms with van der Waals surface area (Å²) < 4.78 is 0. The molecule has 1 unspecified atom stereocenters. The molecule has 3 aromatic carbocycles. The third-order valence-corrected chi connectivity index (χ3v) is 6.61. The summed E-state index contributed by atoms with van der Waals surface area (Å²) in [5.41, 5.74) is 1.95. The van der Waals surface area contributed by atoms with Gasteiger partial charge in [0.05, 0.1) is 23.0 Å². The van der Waals surface area contributed by atoms with Crippen LogP contribution in [0.2, 0.25) is 5.02 Å². The number of nitrogens with one attached hydrogen (secondary N) is 1. The van der Waals surface area contributed by atoms with E-state index in [1.165, 1.54) is 0 Å². The zero-order valence-corrected chi connectivity index (χ0v) is 19.6. The Bertz CT molecular complexity index is 1140. The van der Waals surface area contributed by atoms with E-state index in [4.69, 9.17) is 11.6 Å². The molecule has 0 spiro atoms. The van der Waals surface area contributed by atoms with Gasteiger partial charge in [0, 0.05) is 24.6 Å². The normalized spacial score (nSPS) is 14.9. The van der Waals surface area contributed by atoms with Crippen molar-refractivity contribution < 1.29 is 14.4 Å². The van der Waals surface area contributed by atoms with Gasteiger partial charge in [0.1, 0.15) is 0 Å². The number of hydrogen-bond acceptors (Lipinski definition) is 3. The molecule has 0 aliphatic carbocycles. The Morgan fingerprint density at radius 1 is 0.853 bits per heavy atom. The van der Waals surface area contributed by atoms with E-state index in [9.17, 15) is 14.4 Å². The summed E-state index contributed by atoms with van der Waals surface area (Å²) in [6.07, 6.45) is 1.42. The van der Waals surface area contributed by atoms with Gasteiger partial charge in [-0.05, 0) is 30.5 Å². The van der Waals surface area contributed by atoms with Crippen LogP contribution in [-0.4, -0.2) is 35.6 Å². The quantitative estimate of drug-likeness (QED) is 0.471. The number of carbonyl (C=O) groups excluding carboxylic acids is 3. The number of hydrogen-bond donors (Lipinski definition) is 1. The monoisotopic (exact) mass is 474 g/mol. The summed E-state index contributed by atoms with van der Waals surface area (Å²) in [7, 11) is 0. The van der Waals surface area contributed by atoms with Gasteiger partial charge in [-0.25, -0.2) is 0 Å². The highest BCUT2D eigenvalue weighted by Crippen LogP contribution is 2.25. The molecular weight excluding hydrogens is 448 g/mol. The van der Waals surface area contributed by atoms with Crippen LogP contribution >= 0.6 is 11.6 Å². The summed E-state index contributed by atoms with van der Waals surface area (Å²) >= 11 is 6.20. The highest BCUT2D eigenvalue weighted by Gasteiger charge is 2.29. The van der Waals surface area contributed by atoms with Crippen LogP contribution in [0.15, 0.2) is 84.9 Å². The van der Waals surface area contributed by atoms with Gasteiger partial charge in [0.2, 0.25) is 5.91 Å². The largest absolute Gasteiger partial charge is 0.345 e. The van der Waals surface area contributed by atoms with Crippen LogP contribution in [0, 0.1) is 5.92 Å². The first kappa shape index (κ1) is 23.7. The number of carbonyl (C=O) groups is 3.